The topological polar surface area (TPSA) is 55.4 Å². The Hall–Kier alpha value is -1.76. The van der Waals surface area contributed by atoms with E-state index in [2.05, 4.69) is 4.72 Å². The summed E-state index contributed by atoms with van der Waals surface area (Å²) in [7, 11) is -3.89. The Morgan fingerprint density at radius 2 is 1.74 bits per heavy atom. The Morgan fingerprint density at radius 3 is 2.39 bits per heavy atom. The van der Waals surface area contributed by atoms with E-state index in [1.807, 2.05) is 31.2 Å². The molecule has 0 saturated carbocycles. The number of hydrogen-bond donors (Lipinski definition) is 1. The normalized spacial score (nSPS) is 11.6. The van der Waals surface area contributed by atoms with Gasteiger partial charge in [-0.1, -0.05) is 30.3 Å². The van der Waals surface area contributed by atoms with Crippen molar-refractivity contribution in [1.82, 2.24) is 4.72 Å². The summed E-state index contributed by atoms with van der Waals surface area (Å²) < 4.78 is 45.9. The number of hydrogen-bond acceptors (Lipinski definition) is 3. The van der Waals surface area contributed by atoms with Crippen LogP contribution in [-0.2, 0) is 27.9 Å². The second kappa shape index (κ2) is 7.68. The highest BCUT2D eigenvalue weighted by Crippen LogP contribution is 2.16. The Kier molecular flexibility index (Phi) is 5.87. The van der Waals surface area contributed by atoms with Gasteiger partial charge in [0.15, 0.2) is 0 Å². The Bertz CT molecular complexity index is 758. The van der Waals surface area contributed by atoms with E-state index in [1.165, 1.54) is 12.1 Å². The zero-order valence-electron chi connectivity index (χ0n) is 13.2. The lowest BCUT2D eigenvalue weighted by atomic mass is 10.1. The molecule has 2 rings (SSSR count). The smallest absolute Gasteiger partial charge is 0.243 e. The zero-order chi connectivity index (χ0) is 16.9. The van der Waals surface area contributed by atoms with Crippen molar-refractivity contribution in [2.75, 3.05) is 6.61 Å². The molecule has 0 aliphatic rings. The molecule has 0 heterocycles. The lowest BCUT2D eigenvalue weighted by Crippen LogP contribution is -2.24. The summed E-state index contributed by atoms with van der Waals surface area (Å²) in [5.41, 5.74) is 2.50. The number of halogens is 1. The molecule has 0 radical (unpaired) electrons. The highest BCUT2D eigenvalue weighted by Gasteiger charge is 2.18. The van der Waals surface area contributed by atoms with Crippen molar-refractivity contribution in [3.05, 3.63) is 65.0 Å². The van der Waals surface area contributed by atoms with Crippen molar-refractivity contribution < 1.29 is 17.5 Å². The van der Waals surface area contributed by atoms with Gasteiger partial charge in [-0.15, -0.1) is 0 Å². The number of rotatable bonds is 7. The summed E-state index contributed by atoms with van der Waals surface area (Å²) in [5, 5.41) is 0. The van der Waals surface area contributed by atoms with Crippen molar-refractivity contribution >= 4 is 10.0 Å². The number of ether oxygens (including phenoxy) is 1. The summed E-state index contributed by atoms with van der Waals surface area (Å²) in [4.78, 5) is -0.328. The number of aryl methyl sites for hydroxylation is 1. The summed E-state index contributed by atoms with van der Waals surface area (Å²) >= 11 is 0. The average molecular weight is 337 g/mol. The fraction of sp³-hybridized carbons (Fsp3) is 0.294. The van der Waals surface area contributed by atoms with Crippen LogP contribution in [0.4, 0.5) is 4.39 Å². The van der Waals surface area contributed by atoms with Crippen LogP contribution < -0.4 is 4.72 Å². The van der Waals surface area contributed by atoms with Gasteiger partial charge in [0.05, 0.1) is 6.61 Å². The standard InChI is InChI=1S/C17H20FNO3S/c1-3-22-12-15-7-5-14(6-8-15)11-19-23(20,21)17-10-13(2)4-9-16(17)18/h4-10,19H,3,11-12H2,1-2H3. The molecular weight excluding hydrogens is 317 g/mol. The van der Waals surface area contributed by atoms with E-state index >= 15 is 0 Å². The van der Waals surface area contributed by atoms with Crippen LogP contribution in [0.25, 0.3) is 0 Å². The maximum absolute atomic E-state index is 13.7. The molecule has 0 spiro atoms. The summed E-state index contributed by atoms with van der Waals surface area (Å²) in [5.74, 6) is -0.754. The number of sulfonamides is 1. The SMILES string of the molecule is CCOCc1ccc(CNS(=O)(=O)c2cc(C)ccc2F)cc1. The summed E-state index contributed by atoms with van der Waals surface area (Å²) in [6, 6.07) is 11.4. The van der Waals surface area contributed by atoms with E-state index in [9.17, 15) is 12.8 Å². The third-order valence-corrected chi connectivity index (χ3v) is 4.75. The van der Waals surface area contributed by atoms with Gasteiger partial charge in [0.25, 0.3) is 0 Å². The molecule has 0 saturated heterocycles. The molecule has 1 N–H and O–H groups in total. The van der Waals surface area contributed by atoms with Gasteiger partial charge in [-0.25, -0.2) is 17.5 Å². The third-order valence-electron chi connectivity index (χ3n) is 3.34. The summed E-state index contributed by atoms with van der Waals surface area (Å²) in [6.07, 6.45) is 0. The van der Waals surface area contributed by atoms with Gasteiger partial charge in [-0.3, -0.25) is 0 Å². The molecule has 124 valence electrons. The van der Waals surface area contributed by atoms with E-state index in [0.717, 1.165) is 17.2 Å². The van der Waals surface area contributed by atoms with E-state index in [0.29, 0.717) is 18.8 Å². The molecule has 0 bridgehead atoms. The van der Waals surface area contributed by atoms with Crippen LogP contribution in [0.1, 0.15) is 23.6 Å². The minimum atomic E-state index is -3.89. The van der Waals surface area contributed by atoms with Crippen molar-refractivity contribution in [3.63, 3.8) is 0 Å². The molecule has 4 nitrogen and oxygen atoms in total. The lowest BCUT2D eigenvalue weighted by molar-refractivity contribution is 0.134. The van der Waals surface area contributed by atoms with Crippen molar-refractivity contribution in [1.29, 1.82) is 0 Å². The van der Waals surface area contributed by atoms with Crippen LogP contribution in [-0.4, -0.2) is 15.0 Å². The lowest BCUT2D eigenvalue weighted by Gasteiger charge is -2.09. The molecule has 0 atom stereocenters. The quantitative estimate of drug-likeness (QED) is 0.844. The highest BCUT2D eigenvalue weighted by molar-refractivity contribution is 7.89. The van der Waals surface area contributed by atoms with E-state index in [1.54, 1.807) is 6.92 Å². The second-order valence-corrected chi connectivity index (χ2v) is 6.95. The maximum Gasteiger partial charge on any atom is 0.243 e. The van der Waals surface area contributed by atoms with E-state index < -0.39 is 15.8 Å². The van der Waals surface area contributed by atoms with Crippen LogP contribution in [0.2, 0.25) is 0 Å². The van der Waals surface area contributed by atoms with Gasteiger partial charge in [-0.2, -0.15) is 0 Å². The molecule has 0 aliphatic heterocycles. The summed E-state index contributed by atoms with van der Waals surface area (Å²) in [6.45, 7) is 4.91. The molecule has 0 unspecified atom stereocenters. The van der Waals surface area contributed by atoms with E-state index in [-0.39, 0.29) is 11.4 Å². The van der Waals surface area contributed by atoms with Gasteiger partial charge >= 0.3 is 0 Å². The van der Waals surface area contributed by atoms with Crippen LogP contribution in [0, 0.1) is 12.7 Å². The van der Waals surface area contributed by atoms with Gasteiger partial charge in [0.1, 0.15) is 10.7 Å². The van der Waals surface area contributed by atoms with Crippen LogP contribution in [0.5, 0.6) is 0 Å². The zero-order valence-corrected chi connectivity index (χ0v) is 14.0. The minimum absolute atomic E-state index is 0.102. The Balaban J connectivity index is 2.05. The number of nitrogens with one attached hydrogen (secondary N) is 1. The molecule has 0 aromatic heterocycles. The predicted molar refractivity (Wildman–Crippen MR) is 86.9 cm³/mol. The van der Waals surface area contributed by atoms with Crippen molar-refractivity contribution in [3.8, 4) is 0 Å². The number of benzene rings is 2. The van der Waals surface area contributed by atoms with Gasteiger partial charge < -0.3 is 4.74 Å². The molecular formula is C17H20FNO3S. The molecule has 2 aromatic carbocycles. The van der Waals surface area contributed by atoms with Crippen LogP contribution >= 0.6 is 0 Å². The minimum Gasteiger partial charge on any atom is -0.377 e. The Labute approximate surface area is 136 Å². The molecule has 0 amide bonds. The fourth-order valence-corrected chi connectivity index (χ4v) is 3.22. The molecule has 6 heteroatoms. The first-order valence-corrected chi connectivity index (χ1v) is 8.82. The Morgan fingerprint density at radius 1 is 1.09 bits per heavy atom. The molecule has 2 aromatic rings. The predicted octanol–water partition coefficient (Wildman–Crippen LogP) is 3.15. The molecule has 0 fully saturated rings. The maximum atomic E-state index is 13.7. The monoisotopic (exact) mass is 337 g/mol. The van der Waals surface area contributed by atoms with Gasteiger partial charge in [0, 0.05) is 13.2 Å². The highest BCUT2D eigenvalue weighted by atomic mass is 32.2. The average Bonchev–Trinajstić information content (AvgIpc) is 2.54. The van der Waals surface area contributed by atoms with Crippen molar-refractivity contribution in [2.24, 2.45) is 0 Å². The third kappa shape index (κ3) is 4.86. The largest absolute Gasteiger partial charge is 0.377 e. The first-order chi connectivity index (χ1) is 10.9. The van der Waals surface area contributed by atoms with Crippen LogP contribution in [0.15, 0.2) is 47.4 Å². The fourth-order valence-electron chi connectivity index (χ4n) is 2.05. The first kappa shape index (κ1) is 17.6. The van der Waals surface area contributed by atoms with Gasteiger partial charge in [-0.05, 0) is 42.7 Å². The van der Waals surface area contributed by atoms with Crippen molar-refractivity contribution in [2.45, 2.75) is 31.9 Å². The molecule has 0 aliphatic carbocycles. The first-order valence-electron chi connectivity index (χ1n) is 7.34. The van der Waals surface area contributed by atoms with Crippen LogP contribution in [0.3, 0.4) is 0 Å². The van der Waals surface area contributed by atoms with E-state index in [4.69, 9.17) is 4.74 Å². The van der Waals surface area contributed by atoms with Gasteiger partial charge in [0.2, 0.25) is 10.0 Å². The molecule has 23 heavy (non-hydrogen) atoms. The second-order valence-electron chi connectivity index (χ2n) is 5.21.